The van der Waals surface area contributed by atoms with Crippen molar-refractivity contribution in [3.05, 3.63) is 121 Å². The molecule has 0 aliphatic heterocycles. The molecule has 0 atom stereocenters. The lowest BCUT2D eigenvalue weighted by Gasteiger charge is -2.10. The molecule has 8 aromatic rings. The van der Waals surface area contributed by atoms with Gasteiger partial charge in [0.1, 0.15) is 0 Å². The van der Waals surface area contributed by atoms with Crippen LogP contribution in [-0.4, -0.2) is 8.97 Å². The molecule has 0 aliphatic carbocycles. The quantitative estimate of drug-likeness (QED) is 0.246. The van der Waals surface area contributed by atoms with Gasteiger partial charge in [0.25, 0.3) is 0 Å². The molecule has 0 amide bonds. The van der Waals surface area contributed by atoms with Crippen LogP contribution in [0.15, 0.2) is 121 Å². The van der Waals surface area contributed by atoms with Gasteiger partial charge in [-0.05, 0) is 46.5 Å². The lowest BCUT2D eigenvalue weighted by molar-refractivity contribution is 1.19. The Morgan fingerprint density at radius 2 is 0.882 bits per heavy atom. The van der Waals surface area contributed by atoms with Crippen LogP contribution in [0.1, 0.15) is 0 Å². The van der Waals surface area contributed by atoms with E-state index in [0.29, 0.717) is 0 Å². The van der Waals surface area contributed by atoms with Crippen molar-refractivity contribution >= 4 is 59.9 Å². The number of hydrogen-bond acceptors (Lipinski definition) is 0. The number of rotatable bonds is 1. The summed E-state index contributed by atoms with van der Waals surface area (Å²) in [6, 6.07) is 44.0. The van der Waals surface area contributed by atoms with E-state index in [4.69, 9.17) is 0 Å². The highest BCUT2D eigenvalue weighted by atomic mass is 15.0. The largest absolute Gasteiger partial charge is 0.307 e. The average molecular weight is 433 g/mol. The number of para-hydroxylation sites is 3. The third-order valence-electron chi connectivity index (χ3n) is 7.26. The van der Waals surface area contributed by atoms with Gasteiger partial charge in [0.05, 0.1) is 27.6 Å². The highest BCUT2D eigenvalue weighted by Crippen LogP contribution is 2.43. The van der Waals surface area contributed by atoms with Gasteiger partial charge in [0, 0.05) is 21.8 Å². The molecule has 0 N–H and O–H groups in total. The zero-order chi connectivity index (χ0) is 22.2. The van der Waals surface area contributed by atoms with Gasteiger partial charge in [0.2, 0.25) is 0 Å². The minimum Gasteiger partial charge on any atom is -0.307 e. The Balaban J connectivity index is 1.86. The van der Waals surface area contributed by atoms with Crippen molar-refractivity contribution in [2.75, 3.05) is 0 Å². The van der Waals surface area contributed by atoms with E-state index in [-0.39, 0.29) is 0 Å². The van der Waals surface area contributed by atoms with Gasteiger partial charge in [-0.3, -0.25) is 0 Å². The minimum absolute atomic E-state index is 1.18. The highest BCUT2D eigenvalue weighted by Gasteiger charge is 2.22. The molecule has 0 aliphatic rings. The van der Waals surface area contributed by atoms with Crippen molar-refractivity contribution in [1.29, 1.82) is 0 Å². The monoisotopic (exact) mass is 432 g/mol. The Hall–Kier alpha value is -4.56. The van der Waals surface area contributed by atoms with Gasteiger partial charge in [-0.25, -0.2) is 0 Å². The fourth-order valence-corrected chi connectivity index (χ4v) is 5.94. The van der Waals surface area contributed by atoms with E-state index in [1.54, 1.807) is 0 Å². The second-order valence-electron chi connectivity index (χ2n) is 8.98. The van der Waals surface area contributed by atoms with Gasteiger partial charge >= 0.3 is 0 Å². The SMILES string of the molecule is c1ccc(-n2c3cccc4c5ccccc5c5ccccc5n5c6ccccc6c2c5c43)cc1. The molecule has 0 bridgehead atoms. The molecule has 3 heterocycles. The molecule has 0 spiro atoms. The predicted molar refractivity (Wildman–Crippen MR) is 144 cm³/mol. The van der Waals surface area contributed by atoms with Crippen molar-refractivity contribution in [2.45, 2.75) is 0 Å². The van der Waals surface area contributed by atoms with Crippen LogP contribution in [0, 0.1) is 0 Å². The number of aromatic nitrogens is 2. The van der Waals surface area contributed by atoms with Crippen molar-refractivity contribution in [3.8, 4) is 5.69 Å². The zero-order valence-corrected chi connectivity index (χ0v) is 18.4. The summed E-state index contributed by atoms with van der Waals surface area (Å²) in [7, 11) is 0. The molecule has 8 rings (SSSR count). The van der Waals surface area contributed by atoms with Crippen LogP contribution >= 0.6 is 0 Å². The first-order valence-electron chi connectivity index (χ1n) is 11.7. The number of fused-ring (bicyclic) bond motifs is 8. The normalized spacial score (nSPS) is 12.1. The summed E-state index contributed by atoms with van der Waals surface area (Å²) in [5, 5.41) is 7.67. The lowest BCUT2D eigenvalue weighted by Crippen LogP contribution is -1.93. The maximum absolute atomic E-state index is 2.49. The van der Waals surface area contributed by atoms with E-state index in [9.17, 15) is 0 Å². The first-order chi connectivity index (χ1) is 16.9. The van der Waals surface area contributed by atoms with Gasteiger partial charge in [0.15, 0.2) is 0 Å². The first-order valence-corrected chi connectivity index (χ1v) is 11.7. The number of benzene rings is 5. The summed E-state index contributed by atoms with van der Waals surface area (Å²) in [6.07, 6.45) is 0. The van der Waals surface area contributed by atoms with Crippen LogP contribution in [0.25, 0.3) is 65.6 Å². The summed E-state index contributed by atoms with van der Waals surface area (Å²) in [6.45, 7) is 0. The lowest BCUT2D eigenvalue weighted by atomic mass is 10.0. The molecule has 0 unspecified atom stereocenters. The van der Waals surface area contributed by atoms with E-state index in [0.717, 1.165) is 0 Å². The van der Waals surface area contributed by atoms with E-state index in [1.807, 2.05) is 0 Å². The third kappa shape index (κ3) is 2.15. The average Bonchev–Trinajstić information content (AvgIpc) is 3.41. The highest BCUT2D eigenvalue weighted by molar-refractivity contribution is 6.29. The molecule has 0 fully saturated rings. The van der Waals surface area contributed by atoms with Crippen LogP contribution in [0.5, 0.6) is 0 Å². The summed E-state index contributed by atoms with van der Waals surface area (Å²) in [5.41, 5.74) is 7.42. The smallest absolute Gasteiger partial charge is 0.0810 e. The molecular formula is C32H20N2. The third-order valence-corrected chi connectivity index (χ3v) is 7.26. The van der Waals surface area contributed by atoms with Crippen LogP contribution < -0.4 is 0 Å². The van der Waals surface area contributed by atoms with Crippen molar-refractivity contribution in [3.63, 3.8) is 0 Å². The Labute approximate surface area is 195 Å². The van der Waals surface area contributed by atoms with Crippen LogP contribution in [0.2, 0.25) is 0 Å². The van der Waals surface area contributed by atoms with E-state index in [1.165, 1.54) is 65.6 Å². The van der Waals surface area contributed by atoms with E-state index in [2.05, 4.69) is 130 Å². The molecule has 5 aromatic carbocycles. The van der Waals surface area contributed by atoms with Crippen molar-refractivity contribution < 1.29 is 0 Å². The predicted octanol–water partition coefficient (Wildman–Crippen LogP) is 8.50. The molecule has 34 heavy (non-hydrogen) atoms. The summed E-state index contributed by atoms with van der Waals surface area (Å²) < 4.78 is 4.94. The number of nitrogens with zero attached hydrogens (tertiary/aromatic N) is 2. The molecule has 2 heteroatoms. The summed E-state index contributed by atoms with van der Waals surface area (Å²) >= 11 is 0. The van der Waals surface area contributed by atoms with Crippen LogP contribution in [0.3, 0.4) is 0 Å². The maximum Gasteiger partial charge on any atom is 0.0810 e. The molecular weight excluding hydrogens is 412 g/mol. The first kappa shape index (κ1) is 17.9. The summed E-state index contributed by atoms with van der Waals surface area (Å²) in [4.78, 5) is 0. The van der Waals surface area contributed by atoms with E-state index < -0.39 is 0 Å². The topological polar surface area (TPSA) is 9.34 Å². The van der Waals surface area contributed by atoms with Gasteiger partial charge < -0.3 is 8.97 Å². The van der Waals surface area contributed by atoms with Crippen LogP contribution in [0.4, 0.5) is 0 Å². The maximum atomic E-state index is 2.49. The Morgan fingerprint density at radius 3 is 1.65 bits per heavy atom. The molecule has 2 nitrogen and oxygen atoms in total. The Bertz CT molecular complexity index is 2060. The van der Waals surface area contributed by atoms with Crippen LogP contribution in [-0.2, 0) is 0 Å². The summed E-state index contributed by atoms with van der Waals surface area (Å²) in [5.74, 6) is 0. The van der Waals surface area contributed by atoms with Crippen molar-refractivity contribution in [1.82, 2.24) is 8.97 Å². The molecule has 3 aromatic heterocycles. The van der Waals surface area contributed by atoms with Gasteiger partial charge in [-0.2, -0.15) is 0 Å². The molecule has 0 saturated heterocycles. The second-order valence-corrected chi connectivity index (χ2v) is 8.98. The number of hydrogen-bond donors (Lipinski definition) is 0. The molecule has 0 radical (unpaired) electrons. The second kappa shape index (κ2) is 6.49. The Kier molecular flexibility index (Phi) is 3.42. The minimum atomic E-state index is 1.18. The zero-order valence-electron chi connectivity index (χ0n) is 18.4. The standard InChI is InChI=1S/C32H20N2/c1-2-11-21(12-3-1)33-29-20-10-17-25-23-14-5-4-13-22(23)24-15-6-8-18-27(24)34-28-19-9-7-16-26(28)31(33)32(34)30(25)29/h1-20H. The van der Waals surface area contributed by atoms with Crippen molar-refractivity contribution in [2.24, 2.45) is 0 Å². The molecule has 0 saturated carbocycles. The Morgan fingerprint density at radius 1 is 0.353 bits per heavy atom. The van der Waals surface area contributed by atoms with Gasteiger partial charge in [-0.15, -0.1) is 0 Å². The fraction of sp³-hybridized carbons (Fsp3) is 0. The van der Waals surface area contributed by atoms with E-state index >= 15 is 0 Å². The fourth-order valence-electron chi connectivity index (χ4n) is 5.94. The molecule has 158 valence electrons. The van der Waals surface area contributed by atoms with Gasteiger partial charge in [-0.1, -0.05) is 91.0 Å².